The van der Waals surface area contributed by atoms with Crippen molar-refractivity contribution in [1.29, 1.82) is 0 Å². The van der Waals surface area contributed by atoms with Crippen LogP contribution in [0.4, 0.5) is 0 Å². The Morgan fingerprint density at radius 3 is 2.75 bits per heavy atom. The van der Waals surface area contributed by atoms with Gasteiger partial charge >= 0.3 is 0 Å². The van der Waals surface area contributed by atoms with Gasteiger partial charge in [0, 0.05) is 12.5 Å². The summed E-state index contributed by atoms with van der Waals surface area (Å²) in [5.41, 5.74) is 7.88. The third-order valence-electron chi connectivity index (χ3n) is 3.34. The second kappa shape index (κ2) is 4.18. The Morgan fingerprint density at radius 2 is 2.12 bits per heavy atom. The summed E-state index contributed by atoms with van der Waals surface area (Å²) in [6.07, 6.45) is 0.882. The SMILES string of the molecule is CC(CN)S(=O)(=O)CC1Cc2ccccc21. The molecule has 0 heterocycles. The van der Waals surface area contributed by atoms with Crippen LogP contribution in [0.3, 0.4) is 0 Å². The predicted molar refractivity (Wildman–Crippen MR) is 65.2 cm³/mol. The number of rotatable bonds is 4. The van der Waals surface area contributed by atoms with Crippen molar-refractivity contribution in [3.63, 3.8) is 0 Å². The molecule has 0 saturated heterocycles. The van der Waals surface area contributed by atoms with E-state index in [9.17, 15) is 8.42 Å². The maximum absolute atomic E-state index is 11.9. The van der Waals surface area contributed by atoms with Crippen LogP contribution in [0.2, 0.25) is 0 Å². The number of hydrogen-bond acceptors (Lipinski definition) is 3. The van der Waals surface area contributed by atoms with Crippen LogP contribution in [0.1, 0.15) is 24.0 Å². The quantitative estimate of drug-likeness (QED) is 0.855. The lowest BCUT2D eigenvalue weighted by Crippen LogP contribution is -2.33. The molecule has 2 unspecified atom stereocenters. The highest BCUT2D eigenvalue weighted by molar-refractivity contribution is 7.92. The van der Waals surface area contributed by atoms with Crippen LogP contribution in [-0.4, -0.2) is 26.0 Å². The van der Waals surface area contributed by atoms with E-state index in [1.54, 1.807) is 6.92 Å². The highest BCUT2D eigenvalue weighted by atomic mass is 32.2. The molecule has 0 spiro atoms. The lowest BCUT2D eigenvalue weighted by molar-refractivity contribution is 0.566. The highest BCUT2D eigenvalue weighted by Gasteiger charge is 2.32. The first-order chi connectivity index (χ1) is 7.54. The van der Waals surface area contributed by atoms with Crippen LogP contribution in [0.25, 0.3) is 0 Å². The Balaban J connectivity index is 2.10. The molecule has 2 N–H and O–H groups in total. The number of hydrogen-bond donors (Lipinski definition) is 1. The Morgan fingerprint density at radius 1 is 1.44 bits per heavy atom. The summed E-state index contributed by atoms with van der Waals surface area (Å²) in [5, 5.41) is -0.430. The number of fused-ring (bicyclic) bond motifs is 1. The summed E-state index contributed by atoms with van der Waals surface area (Å²) < 4.78 is 23.8. The van der Waals surface area contributed by atoms with Gasteiger partial charge in [-0.2, -0.15) is 0 Å². The molecule has 3 nitrogen and oxygen atoms in total. The molecule has 0 saturated carbocycles. The average molecular weight is 239 g/mol. The molecule has 0 radical (unpaired) electrons. The van der Waals surface area contributed by atoms with E-state index in [0.29, 0.717) is 0 Å². The monoisotopic (exact) mass is 239 g/mol. The van der Waals surface area contributed by atoms with E-state index in [1.165, 1.54) is 11.1 Å². The van der Waals surface area contributed by atoms with Gasteiger partial charge in [-0.05, 0) is 24.5 Å². The fourth-order valence-corrected chi connectivity index (χ4v) is 3.58. The van der Waals surface area contributed by atoms with Gasteiger partial charge in [-0.15, -0.1) is 0 Å². The molecule has 1 aromatic rings. The Labute approximate surface area is 96.6 Å². The van der Waals surface area contributed by atoms with E-state index >= 15 is 0 Å². The predicted octanol–water partition coefficient (Wildman–Crippen LogP) is 1.09. The van der Waals surface area contributed by atoms with Crippen LogP contribution >= 0.6 is 0 Å². The van der Waals surface area contributed by atoms with Crippen molar-refractivity contribution >= 4 is 9.84 Å². The summed E-state index contributed by atoms with van der Waals surface area (Å²) in [6.45, 7) is 1.89. The first kappa shape index (κ1) is 11.6. The van der Waals surface area contributed by atoms with Crippen molar-refractivity contribution < 1.29 is 8.42 Å². The topological polar surface area (TPSA) is 60.2 Å². The van der Waals surface area contributed by atoms with Crippen molar-refractivity contribution in [3.05, 3.63) is 35.4 Å². The average Bonchev–Trinajstić information content (AvgIpc) is 2.25. The molecule has 88 valence electrons. The number of sulfone groups is 1. The van der Waals surface area contributed by atoms with E-state index in [1.807, 2.05) is 18.2 Å². The third-order valence-corrected chi connectivity index (χ3v) is 5.63. The van der Waals surface area contributed by atoms with E-state index in [-0.39, 0.29) is 18.2 Å². The van der Waals surface area contributed by atoms with Crippen molar-refractivity contribution in [2.75, 3.05) is 12.3 Å². The molecule has 2 atom stereocenters. The van der Waals surface area contributed by atoms with Crippen molar-refractivity contribution in [3.8, 4) is 0 Å². The Hall–Kier alpha value is -0.870. The fourth-order valence-electron chi connectivity index (χ4n) is 2.10. The van der Waals surface area contributed by atoms with Crippen molar-refractivity contribution in [1.82, 2.24) is 0 Å². The second-order valence-electron chi connectivity index (χ2n) is 4.48. The van der Waals surface area contributed by atoms with Gasteiger partial charge in [0.2, 0.25) is 0 Å². The minimum absolute atomic E-state index is 0.176. The lowest BCUT2D eigenvalue weighted by atomic mass is 9.79. The van der Waals surface area contributed by atoms with Gasteiger partial charge in [0.25, 0.3) is 0 Å². The molecule has 1 aliphatic rings. The number of benzene rings is 1. The normalized spacial score (nSPS) is 21.0. The van der Waals surface area contributed by atoms with E-state index in [0.717, 1.165) is 6.42 Å². The molecule has 0 fully saturated rings. The van der Waals surface area contributed by atoms with Crippen molar-refractivity contribution in [2.24, 2.45) is 5.73 Å². The van der Waals surface area contributed by atoms with E-state index in [2.05, 4.69) is 6.07 Å². The summed E-state index contributed by atoms with van der Waals surface area (Å²) in [6, 6.07) is 8.03. The first-order valence-electron chi connectivity index (χ1n) is 5.54. The van der Waals surface area contributed by atoms with Gasteiger partial charge in [0.1, 0.15) is 0 Å². The molecule has 1 aliphatic carbocycles. The fraction of sp³-hybridized carbons (Fsp3) is 0.500. The molecule has 4 heteroatoms. The van der Waals surface area contributed by atoms with Crippen LogP contribution < -0.4 is 5.73 Å². The van der Waals surface area contributed by atoms with Crippen molar-refractivity contribution in [2.45, 2.75) is 24.5 Å². The first-order valence-corrected chi connectivity index (χ1v) is 7.25. The molecule has 0 amide bonds. The van der Waals surface area contributed by atoms with E-state index < -0.39 is 15.1 Å². The summed E-state index contributed by atoms with van der Waals surface area (Å²) in [4.78, 5) is 0. The van der Waals surface area contributed by atoms with Gasteiger partial charge in [-0.25, -0.2) is 8.42 Å². The van der Waals surface area contributed by atoms with Crippen LogP contribution in [0.5, 0.6) is 0 Å². The summed E-state index contributed by atoms with van der Waals surface area (Å²) >= 11 is 0. The van der Waals surface area contributed by atoms with E-state index in [4.69, 9.17) is 5.73 Å². The van der Waals surface area contributed by atoms with Crippen LogP contribution in [-0.2, 0) is 16.3 Å². The molecular formula is C12H17NO2S. The molecule has 0 bridgehead atoms. The zero-order valence-electron chi connectivity index (χ0n) is 9.39. The minimum Gasteiger partial charge on any atom is -0.329 e. The van der Waals surface area contributed by atoms with Crippen LogP contribution in [0, 0.1) is 0 Å². The largest absolute Gasteiger partial charge is 0.329 e. The maximum Gasteiger partial charge on any atom is 0.154 e. The minimum atomic E-state index is -3.04. The Kier molecular flexibility index (Phi) is 3.04. The van der Waals surface area contributed by atoms with Gasteiger partial charge in [0.05, 0.1) is 11.0 Å². The zero-order valence-corrected chi connectivity index (χ0v) is 10.2. The second-order valence-corrected chi connectivity index (χ2v) is 6.94. The summed E-state index contributed by atoms with van der Waals surface area (Å²) in [7, 11) is -3.04. The van der Waals surface area contributed by atoms with Gasteiger partial charge in [-0.1, -0.05) is 24.3 Å². The highest BCUT2D eigenvalue weighted by Crippen LogP contribution is 2.36. The van der Waals surface area contributed by atoms with Gasteiger partial charge < -0.3 is 5.73 Å². The molecule has 1 aromatic carbocycles. The maximum atomic E-state index is 11.9. The summed E-state index contributed by atoms with van der Waals surface area (Å²) in [5.74, 6) is 0.415. The molecule has 2 rings (SSSR count). The van der Waals surface area contributed by atoms with Gasteiger partial charge in [0.15, 0.2) is 9.84 Å². The molecular weight excluding hydrogens is 222 g/mol. The smallest absolute Gasteiger partial charge is 0.154 e. The molecule has 0 aliphatic heterocycles. The number of nitrogens with two attached hydrogens (primary N) is 1. The third kappa shape index (κ3) is 1.99. The standard InChI is InChI=1S/C12H17NO2S/c1-9(7-13)16(14,15)8-11-6-10-4-2-3-5-12(10)11/h2-5,9,11H,6-8,13H2,1H3. The van der Waals surface area contributed by atoms with Gasteiger partial charge in [-0.3, -0.25) is 0 Å². The Bertz CT molecular complexity index is 482. The lowest BCUT2D eigenvalue weighted by Gasteiger charge is -2.30. The van der Waals surface area contributed by atoms with Crippen LogP contribution in [0.15, 0.2) is 24.3 Å². The molecule has 0 aromatic heterocycles. The molecule has 16 heavy (non-hydrogen) atoms. The zero-order chi connectivity index (χ0) is 11.8.